The maximum Gasteiger partial charge on any atom is 0.143 e. The summed E-state index contributed by atoms with van der Waals surface area (Å²) in [5.41, 5.74) is 13.8. The van der Waals surface area contributed by atoms with E-state index in [9.17, 15) is 0 Å². The van der Waals surface area contributed by atoms with Gasteiger partial charge in [0.25, 0.3) is 0 Å². The second-order valence-electron chi connectivity index (χ2n) is 10.5. The second kappa shape index (κ2) is 7.72. The number of fused-ring (bicyclic) bond motifs is 9. The summed E-state index contributed by atoms with van der Waals surface area (Å²) in [7, 11) is 0. The van der Waals surface area contributed by atoms with Gasteiger partial charge in [-0.25, -0.2) is 0 Å². The highest BCUT2D eigenvalue weighted by atomic mass is 16.3. The van der Waals surface area contributed by atoms with Gasteiger partial charge in [-0.1, -0.05) is 109 Å². The van der Waals surface area contributed by atoms with Crippen LogP contribution in [0.5, 0.6) is 0 Å². The van der Waals surface area contributed by atoms with E-state index in [1.54, 1.807) is 0 Å². The quantitative estimate of drug-likeness (QED) is 0.237. The Morgan fingerprint density at radius 1 is 0.385 bits per heavy atom. The molecule has 2 aromatic heterocycles. The van der Waals surface area contributed by atoms with Gasteiger partial charge in [-0.2, -0.15) is 0 Å². The lowest BCUT2D eigenvalue weighted by Crippen LogP contribution is -1.85. The minimum absolute atomic E-state index is 0.915. The van der Waals surface area contributed by atoms with Gasteiger partial charge in [0.15, 0.2) is 0 Å². The Hall–Kier alpha value is -5.08. The van der Waals surface area contributed by atoms with Crippen LogP contribution in [0.25, 0.3) is 77.3 Å². The molecule has 0 amide bonds. The van der Waals surface area contributed by atoms with E-state index in [2.05, 4.69) is 97.1 Å². The molecule has 8 aromatic rings. The number of para-hydroxylation sites is 4. The van der Waals surface area contributed by atoms with Crippen molar-refractivity contribution in [3.05, 3.63) is 132 Å². The molecule has 0 atom stereocenters. The topological polar surface area (TPSA) is 26.3 Å². The number of benzene rings is 6. The minimum Gasteiger partial charge on any atom is -0.455 e. The van der Waals surface area contributed by atoms with Crippen LogP contribution >= 0.6 is 0 Å². The summed E-state index contributed by atoms with van der Waals surface area (Å²) in [5.74, 6) is 0. The summed E-state index contributed by atoms with van der Waals surface area (Å²) in [6, 6.07) is 43.2. The highest BCUT2D eigenvalue weighted by Gasteiger charge is 2.22. The number of hydrogen-bond acceptors (Lipinski definition) is 2. The molecule has 0 aliphatic heterocycles. The fraction of sp³-hybridized carbons (Fsp3) is 0.0270. The average molecular weight is 499 g/mol. The molecule has 2 heteroatoms. The Balaban J connectivity index is 1.14. The predicted molar refractivity (Wildman–Crippen MR) is 160 cm³/mol. The molecule has 0 bridgehead atoms. The van der Waals surface area contributed by atoms with Gasteiger partial charge < -0.3 is 8.83 Å². The number of hydrogen-bond donors (Lipinski definition) is 0. The van der Waals surface area contributed by atoms with Crippen LogP contribution in [0.15, 0.2) is 130 Å². The van der Waals surface area contributed by atoms with Crippen molar-refractivity contribution in [2.24, 2.45) is 0 Å². The Kier molecular flexibility index (Phi) is 4.14. The Morgan fingerprint density at radius 3 is 1.36 bits per heavy atom. The van der Waals surface area contributed by atoms with Crippen LogP contribution < -0.4 is 0 Å². The van der Waals surface area contributed by atoms with E-state index in [1.165, 1.54) is 33.4 Å². The summed E-state index contributed by atoms with van der Waals surface area (Å²) in [6.07, 6.45) is 0.915. The normalized spacial score (nSPS) is 12.5. The van der Waals surface area contributed by atoms with E-state index < -0.39 is 0 Å². The van der Waals surface area contributed by atoms with Crippen molar-refractivity contribution in [2.75, 3.05) is 0 Å². The molecule has 0 fully saturated rings. The molecular formula is C37H22O2. The van der Waals surface area contributed by atoms with Gasteiger partial charge >= 0.3 is 0 Å². The molecule has 0 radical (unpaired) electrons. The van der Waals surface area contributed by atoms with Crippen LogP contribution in [-0.2, 0) is 6.42 Å². The second-order valence-corrected chi connectivity index (χ2v) is 10.5. The van der Waals surface area contributed by atoms with Crippen molar-refractivity contribution in [1.82, 2.24) is 0 Å². The molecule has 0 spiro atoms. The van der Waals surface area contributed by atoms with E-state index in [0.717, 1.165) is 61.4 Å². The third-order valence-electron chi connectivity index (χ3n) is 8.31. The van der Waals surface area contributed by atoms with Crippen molar-refractivity contribution in [2.45, 2.75) is 6.42 Å². The van der Waals surface area contributed by atoms with Gasteiger partial charge in [-0.15, -0.1) is 0 Å². The summed E-state index contributed by atoms with van der Waals surface area (Å²) >= 11 is 0. The van der Waals surface area contributed by atoms with Crippen molar-refractivity contribution < 1.29 is 8.83 Å². The standard InChI is InChI=1S/C37H22O2/c1-3-13-34-30(7-1)32-11-5-9-28(36(32)38-34)22-15-17-26-24(19-22)21-25-20-23(16-18-27(25)26)29-10-6-12-33-31-8-2-4-14-35(31)39-37(29)33/h1-20H,21H2. The Morgan fingerprint density at radius 2 is 0.846 bits per heavy atom. The molecule has 39 heavy (non-hydrogen) atoms. The molecule has 1 aliphatic rings. The summed E-state index contributed by atoms with van der Waals surface area (Å²) in [5, 5.41) is 4.65. The van der Waals surface area contributed by atoms with Crippen LogP contribution in [0, 0.1) is 0 Å². The van der Waals surface area contributed by atoms with Crippen molar-refractivity contribution in [3.8, 4) is 33.4 Å². The first-order valence-electron chi connectivity index (χ1n) is 13.4. The zero-order valence-electron chi connectivity index (χ0n) is 21.1. The van der Waals surface area contributed by atoms with E-state index in [4.69, 9.17) is 8.83 Å². The van der Waals surface area contributed by atoms with Crippen LogP contribution in [0.2, 0.25) is 0 Å². The monoisotopic (exact) mass is 498 g/mol. The first-order chi connectivity index (χ1) is 19.3. The third kappa shape index (κ3) is 2.97. The van der Waals surface area contributed by atoms with Crippen LogP contribution in [0.4, 0.5) is 0 Å². The van der Waals surface area contributed by atoms with E-state index >= 15 is 0 Å². The molecule has 2 nitrogen and oxygen atoms in total. The van der Waals surface area contributed by atoms with Crippen LogP contribution in [0.3, 0.4) is 0 Å². The largest absolute Gasteiger partial charge is 0.455 e. The lowest BCUT2D eigenvalue weighted by atomic mass is 9.97. The van der Waals surface area contributed by atoms with Crippen molar-refractivity contribution >= 4 is 43.9 Å². The highest BCUT2D eigenvalue weighted by Crippen LogP contribution is 2.43. The molecule has 0 saturated heterocycles. The fourth-order valence-electron chi connectivity index (χ4n) is 6.49. The molecule has 1 aliphatic carbocycles. The van der Waals surface area contributed by atoms with Crippen LogP contribution in [-0.4, -0.2) is 0 Å². The van der Waals surface area contributed by atoms with Crippen molar-refractivity contribution in [3.63, 3.8) is 0 Å². The molecule has 2 heterocycles. The molecule has 0 saturated carbocycles. The first-order valence-corrected chi connectivity index (χ1v) is 13.4. The average Bonchev–Trinajstić information content (AvgIpc) is 3.67. The van der Waals surface area contributed by atoms with Crippen molar-refractivity contribution in [1.29, 1.82) is 0 Å². The lowest BCUT2D eigenvalue weighted by molar-refractivity contribution is 0.669. The third-order valence-corrected chi connectivity index (χ3v) is 8.31. The molecular weight excluding hydrogens is 476 g/mol. The lowest BCUT2D eigenvalue weighted by Gasteiger charge is -2.07. The molecule has 182 valence electrons. The number of rotatable bonds is 2. The molecule has 0 unspecified atom stereocenters. The molecule has 9 rings (SSSR count). The zero-order chi connectivity index (χ0) is 25.5. The molecule has 6 aromatic carbocycles. The van der Waals surface area contributed by atoms with Gasteiger partial charge in [-0.3, -0.25) is 0 Å². The number of furan rings is 2. The maximum absolute atomic E-state index is 6.33. The van der Waals surface area contributed by atoms with Gasteiger partial charge in [0.2, 0.25) is 0 Å². The minimum atomic E-state index is 0.915. The summed E-state index contributed by atoms with van der Waals surface area (Å²) < 4.78 is 12.7. The maximum atomic E-state index is 6.33. The van der Waals surface area contributed by atoms with Gasteiger partial charge in [-0.05, 0) is 51.9 Å². The predicted octanol–water partition coefficient (Wildman–Crippen LogP) is 10.4. The van der Waals surface area contributed by atoms with Crippen LogP contribution in [0.1, 0.15) is 11.1 Å². The Bertz CT molecular complexity index is 2100. The van der Waals surface area contributed by atoms with Gasteiger partial charge in [0, 0.05) is 32.7 Å². The van der Waals surface area contributed by atoms with E-state index in [-0.39, 0.29) is 0 Å². The van der Waals surface area contributed by atoms with Gasteiger partial charge in [0.1, 0.15) is 22.3 Å². The fourth-order valence-corrected chi connectivity index (χ4v) is 6.49. The summed E-state index contributed by atoms with van der Waals surface area (Å²) in [6.45, 7) is 0. The van der Waals surface area contributed by atoms with Gasteiger partial charge in [0.05, 0.1) is 0 Å². The highest BCUT2D eigenvalue weighted by molar-refractivity contribution is 6.10. The first kappa shape index (κ1) is 20.9. The summed E-state index contributed by atoms with van der Waals surface area (Å²) in [4.78, 5) is 0. The molecule has 0 N–H and O–H groups in total. The van der Waals surface area contributed by atoms with E-state index in [0.29, 0.717) is 0 Å². The van der Waals surface area contributed by atoms with E-state index in [1.807, 2.05) is 24.3 Å². The Labute approximate surface area is 224 Å². The zero-order valence-corrected chi connectivity index (χ0v) is 21.1. The SMILES string of the molecule is c1ccc2c(c1)oc1c(-c3ccc4c(c3)Cc3cc(-c5cccc6c5oc5ccccc56)ccc3-4)cccc12. The smallest absolute Gasteiger partial charge is 0.143 e.